The topological polar surface area (TPSA) is 31.8 Å². The Bertz CT molecular complexity index is 1650. The lowest BCUT2D eigenvalue weighted by atomic mass is 9.55. The predicted molar refractivity (Wildman–Crippen MR) is 236 cm³/mol. The zero-order valence-electron chi connectivity index (χ0n) is 36.9. The van der Waals surface area contributed by atoms with Gasteiger partial charge < -0.3 is 10.6 Å². The van der Waals surface area contributed by atoms with Gasteiger partial charge >= 0.3 is 0 Å². The van der Waals surface area contributed by atoms with E-state index >= 15 is 0 Å². The second-order valence-corrected chi connectivity index (χ2v) is 20.7. The summed E-state index contributed by atoms with van der Waals surface area (Å²) in [6.45, 7) is 26.1. The first-order valence-electron chi connectivity index (χ1n) is 22.2. The zero-order valence-corrected chi connectivity index (χ0v) is 36.9. The molecule has 4 aromatic rings. The molecule has 2 aromatic carbocycles. The maximum Gasteiger partial charge on any atom is 0.169 e. The molecule has 2 aliphatic rings. The molecule has 2 fully saturated rings. The molecular weight excluding hydrogens is 681 g/mol. The van der Waals surface area contributed by atoms with Gasteiger partial charge in [0.15, 0.2) is 24.8 Å². The van der Waals surface area contributed by atoms with Gasteiger partial charge in [-0.1, -0.05) is 87.4 Å². The van der Waals surface area contributed by atoms with Gasteiger partial charge in [-0.2, -0.15) is 0 Å². The Morgan fingerprint density at radius 3 is 1.04 bits per heavy atom. The number of nitrogens with zero attached hydrogens (tertiary/aromatic N) is 2. The third-order valence-electron chi connectivity index (χ3n) is 13.5. The van der Waals surface area contributed by atoms with Crippen LogP contribution in [0.3, 0.4) is 0 Å². The molecule has 4 heteroatoms. The standard InChI is InChI=1S/C52H76N4/c1-11-19-43(51(45-21-15-13-16-22-45)37-47(3,4)53-48(5,6)38-51)29-35-55-31-25-41(26-32-55)42-27-33-56(34-28-42)36-30-44(20-12-2)52(46-23-17-14-18-24-46)39-49(7,8)54-50(9,10)40-52/h13-18,21-28,31-34,43-44,53-54H,11-12,19-20,29-30,35-40H2,1-10H3/q+2. The fraction of sp³-hybridized carbons (Fsp3) is 0.577. The van der Waals surface area contributed by atoms with E-state index in [2.05, 4.69) is 199 Å². The van der Waals surface area contributed by atoms with Crippen LogP contribution in [-0.4, -0.2) is 22.2 Å². The highest BCUT2D eigenvalue weighted by Crippen LogP contribution is 2.53. The van der Waals surface area contributed by atoms with Crippen molar-refractivity contribution in [2.45, 2.75) is 180 Å². The molecule has 2 aliphatic heterocycles. The molecule has 4 nitrogen and oxygen atoms in total. The number of pyridine rings is 2. The molecule has 2 unspecified atom stereocenters. The largest absolute Gasteiger partial charge is 0.307 e. The maximum absolute atomic E-state index is 3.99. The van der Waals surface area contributed by atoms with Crippen molar-refractivity contribution >= 4 is 0 Å². The van der Waals surface area contributed by atoms with Crippen molar-refractivity contribution in [2.75, 3.05) is 0 Å². The molecule has 2 atom stereocenters. The fourth-order valence-electron chi connectivity index (χ4n) is 12.6. The number of aryl methyl sites for hydroxylation is 2. The lowest BCUT2D eigenvalue weighted by Gasteiger charge is -2.56. The van der Waals surface area contributed by atoms with Gasteiger partial charge in [0, 0.05) is 70.1 Å². The van der Waals surface area contributed by atoms with E-state index in [1.54, 1.807) is 0 Å². The molecule has 302 valence electrons. The molecule has 0 aliphatic carbocycles. The van der Waals surface area contributed by atoms with Gasteiger partial charge in [0.1, 0.15) is 13.1 Å². The molecule has 6 rings (SSSR count). The summed E-state index contributed by atoms with van der Waals surface area (Å²) in [4.78, 5) is 0. The van der Waals surface area contributed by atoms with Gasteiger partial charge in [-0.3, -0.25) is 0 Å². The summed E-state index contributed by atoms with van der Waals surface area (Å²) in [5.41, 5.74) is 6.23. The summed E-state index contributed by atoms with van der Waals surface area (Å²) in [6, 6.07) is 32.3. The third-order valence-corrected chi connectivity index (χ3v) is 13.5. The Hall–Kier alpha value is -3.34. The minimum atomic E-state index is 0.0786. The molecule has 2 N–H and O–H groups in total. The van der Waals surface area contributed by atoms with Crippen molar-refractivity contribution in [3.63, 3.8) is 0 Å². The molecule has 2 saturated heterocycles. The number of benzene rings is 2. The van der Waals surface area contributed by atoms with Gasteiger partial charge in [-0.25, -0.2) is 9.13 Å². The van der Waals surface area contributed by atoms with Crippen LogP contribution in [0, 0.1) is 11.8 Å². The summed E-state index contributed by atoms with van der Waals surface area (Å²) >= 11 is 0. The first-order valence-corrected chi connectivity index (χ1v) is 22.2. The SMILES string of the molecule is CCCC(CC[n+]1ccc(-c2cc[n+](CCC(CCC)C3(c4ccccc4)CC(C)(C)NC(C)(C)C3)cc2)cc1)C1(c2ccccc2)CC(C)(C)NC(C)(C)C1. The summed E-state index contributed by atoms with van der Waals surface area (Å²) in [5, 5.41) is 7.97. The lowest BCUT2D eigenvalue weighted by Crippen LogP contribution is -2.64. The van der Waals surface area contributed by atoms with Crippen LogP contribution in [0.5, 0.6) is 0 Å². The van der Waals surface area contributed by atoms with Crippen LogP contribution < -0.4 is 19.8 Å². The number of aromatic nitrogens is 2. The van der Waals surface area contributed by atoms with E-state index in [1.807, 2.05) is 0 Å². The van der Waals surface area contributed by atoms with Crippen molar-refractivity contribution in [1.82, 2.24) is 10.6 Å². The van der Waals surface area contributed by atoms with Gasteiger partial charge in [0.25, 0.3) is 0 Å². The summed E-state index contributed by atoms with van der Waals surface area (Å²) < 4.78 is 4.84. The lowest BCUT2D eigenvalue weighted by molar-refractivity contribution is -0.698. The Morgan fingerprint density at radius 1 is 0.446 bits per heavy atom. The average molecular weight is 757 g/mol. The van der Waals surface area contributed by atoms with Gasteiger partial charge in [0.05, 0.1) is 0 Å². The van der Waals surface area contributed by atoms with Crippen molar-refractivity contribution in [3.05, 3.63) is 121 Å². The normalized spacial score (nSPS) is 21.5. The van der Waals surface area contributed by atoms with E-state index < -0.39 is 0 Å². The van der Waals surface area contributed by atoms with Crippen molar-refractivity contribution in [3.8, 4) is 11.1 Å². The van der Waals surface area contributed by atoms with Crippen LogP contribution in [0.1, 0.15) is 145 Å². The van der Waals surface area contributed by atoms with Gasteiger partial charge in [0.2, 0.25) is 0 Å². The fourth-order valence-corrected chi connectivity index (χ4v) is 12.6. The average Bonchev–Trinajstić information content (AvgIpc) is 3.13. The molecule has 56 heavy (non-hydrogen) atoms. The zero-order chi connectivity index (χ0) is 40.2. The Balaban J connectivity index is 1.15. The van der Waals surface area contributed by atoms with Crippen molar-refractivity contribution < 1.29 is 9.13 Å². The predicted octanol–water partition coefficient (Wildman–Crippen LogP) is 11.3. The van der Waals surface area contributed by atoms with E-state index in [0.29, 0.717) is 11.8 Å². The van der Waals surface area contributed by atoms with Gasteiger partial charge in [-0.05, 0) is 128 Å². The summed E-state index contributed by atoms with van der Waals surface area (Å²) in [5.74, 6) is 1.22. The molecule has 0 radical (unpaired) electrons. The monoisotopic (exact) mass is 757 g/mol. The smallest absolute Gasteiger partial charge is 0.169 e. The van der Waals surface area contributed by atoms with E-state index in [9.17, 15) is 0 Å². The molecule has 0 amide bonds. The first-order chi connectivity index (χ1) is 26.5. The van der Waals surface area contributed by atoms with Crippen LogP contribution >= 0.6 is 0 Å². The molecule has 0 saturated carbocycles. The maximum atomic E-state index is 3.99. The third kappa shape index (κ3) is 9.84. The highest BCUT2D eigenvalue weighted by Gasteiger charge is 2.53. The van der Waals surface area contributed by atoms with Crippen LogP contribution in [0.2, 0.25) is 0 Å². The van der Waals surface area contributed by atoms with E-state index in [4.69, 9.17) is 0 Å². The Morgan fingerprint density at radius 2 is 0.750 bits per heavy atom. The Kier molecular flexibility index (Phi) is 12.7. The van der Waals surface area contributed by atoms with E-state index in [0.717, 1.165) is 38.8 Å². The van der Waals surface area contributed by atoms with Crippen molar-refractivity contribution in [1.29, 1.82) is 0 Å². The second kappa shape index (κ2) is 16.9. The number of nitrogens with one attached hydrogen (secondary N) is 2. The number of hydrogen-bond acceptors (Lipinski definition) is 2. The highest BCUT2D eigenvalue weighted by atomic mass is 15.1. The molecular formula is C52H76N4+2. The van der Waals surface area contributed by atoms with Crippen LogP contribution in [0.4, 0.5) is 0 Å². The number of hydrogen-bond donors (Lipinski definition) is 2. The quantitative estimate of drug-likeness (QED) is 0.118. The highest BCUT2D eigenvalue weighted by molar-refractivity contribution is 5.61. The number of piperidine rings is 2. The minimum Gasteiger partial charge on any atom is -0.307 e. The minimum absolute atomic E-state index is 0.0786. The molecule has 0 bridgehead atoms. The molecule has 0 spiro atoms. The summed E-state index contributed by atoms with van der Waals surface area (Å²) in [6.07, 6.45) is 21.2. The first kappa shape index (κ1) is 42.3. The molecule has 4 heterocycles. The van der Waals surface area contributed by atoms with E-state index in [1.165, 1.54) is 60.8 Å². The second-order valence-electron chi connectivity index (χ2n) is 20.7. The van der Waals surface area contributed by atoms with Crippen LogP contribution in [0.15, 0.2) is 110 Å². The van der Waals surface area contributed by atoms with Crippen molar-refractivity contribution in [2.24, 2.45) is 11.8 Å². The van der Waals surface area contributed by atoms with Crippen LogP contribution in [0.25, 0.3) is 11.1 Å². The van der Waals surface area contributed by atoms with Gasteiger partial charge in [-0.15, -0.1) is 0 Å². The number of rotatable bonds is 15. The Labute approximate surface area is 341 Å². The summed E-state index contributed by atoms with van der Waals surface area (Å²) in [7, 11) is 0. The van der Waals surface area contributed by atoms with E-state index in [-0.39, 0.29) is 33.0 Å². The van der Waals surface area contributed by atoms with Crippen LogP contribution in [-0.2, 0) is 23.9 Å². The molecule has 2 aromatic heterocycles.